The molecule has 0 spiro atoms. The molecule has 0 saturated carbocycles. The van der Waals surface area contributed by atoms with Crippen molar-refractivity contribution in [2.45, 2.75) is 0 Å². The van der Waals surface area contributed by atoms with E-state index in [-0.39, 0.29) is 5.75 Å². The van der Waals surface area contributed by atoms with Gasteiger partial charge in [-0.2, -0.15) is 9.78 Å². The molecule has 0 aliphatic rings. The number of carboxylic acid groups (broad SMARTS) is 1. The van der Waals surface area contributed by atoms with Gasteiger partial charge >= 0.3 is 6.09 Å². The number of nitrogens with one attached hydrogen (secondary N) is 1. The maximum atomic E-state index is 11.4. The average molecular weight is 504 g/mol. The van der Waals surface area contributed by atoms with Gasteiger partial charge in [-0.05, 0) is 35.4 Å². The normalized spacial score (nSPS) is 11.1. The number of nitrogens with zero attached hydrogens (tertiary/aromatic N) is 4. The highest BCUT2D eigenvalue weighted by Crippen LogP contribution is 2.36. The first-order valence-corrected chi connectivity index (χ1v) is 11.7. The van der Waals surface area contributed by atoms with Crippen molar-refractivity contribution in [1.82, 2.24) is 19.7 Å². The third-order valence-corrected chi connectivity index (χ3v) is 6.26. The molecule has 38 heavy (non-hydrogen) atoms. The van der Waals surface area contributed by atoms with Crippen molar-refractivity contribution >= 4 is 39.4 Å². The quantitative estimate of drug-likeness (QED) is 0.251. The molecular weight excluding hydrogens is 482 g/mol. The number of ether oxygens (including phenoxy) is 1. The fourth-order valence-corrected chi connectivity index (χ4v) is 4.38. The van der Waals surface area contributed by atoms with E-state index < -0.39 is 6.09 Å². The first-order valence-electron chi connectivity index (χ1n) is 11.7. The van der Waals surface area contributed by atoms with Gasteiger partial charge in [0, 0.05) is 28.1 Å². The lowest BCUT2D eigenvalue weighted by molar-refractivity contribution is 0.194. The lowest BCUT2D eigenvalue weighted by atomic mass is 10.0. The smallest absolute Gasteiger partial charge is 0.432 e. The van der Waals surface area contributed by atoms with Gasteiger partial charge in [-0.15, -0.1) is 0 Å². The molecule has 4 aromatic carbocycles. The summed E-state index contributed by atoms with van der Waals surface area (Å²) in [5, 5.41) is 28.2. The molecule has 9 heteroatoms. The zero-order valence-corrected chi connectivity index (χ0v) is 20.2. The molecule has 6 aromatic rings. The number of anilines is 2. The van der Waals surface area contributed by atoms with Crippen molar-refractivity contribution in [3.05, 3.63) is 91.1 Å². The van der Waals surface area contributed by atoms with Crippen LogP contribution in [0.2, 0.25) is 0 Å². The lowest BCUT2D eigenvalue weighted by Gasteiger charge is -2.13. The first-order chi connectivity index (χ1) is 18.5. The van der Waals surface area contributed by atoms with Gasteiger partial charge in [0.15, 0.2) is 17.3 Å². The van der Waals surface area contributed by atoms with E-state index in [4.69, 9.17) is 14.7 Å². The molecule has 9 nitrogen and oxygen atoms in total. The number of aromatic hydroxyl groups is 1. The Morgan fingerprint density at radius 1 is 0.895 bits per heavy atom. The molecular formula is C29H21N5O4. The summed E-state index contributed by atoms with van der Waals surface area (Å²) in [7, 11) is 1.48. The molecule has 2 heterocycles. The summed E-state index contributed by atoms with van der Waals surface area (Å²) in [6.45, 7) is 0. The van der Waals surface area contributed by atoms with E-state index in [0.29, 0.717) is 44.9 Å². The van der Waals surface area contributed by atoms with Gasteiger partial charge in [0.05, 0.1) is 24.3 Å². The Bertz CT molecular complexity index is 1820. The third-order valence-electron chi connectivity index (χ3n) is 6.26. The summed E-state index contributed by atoms with van der Waals surface area (Å²) in [5.41, 5.74) is 4.73. The van der Waals surface area contributed by atoms with Crippen LogP contribution < -0.4 is 10.1 Å². The Labute approximate surface area is 216 Å². The van der Waals surface area contributed by atoms with Crippen LogP contribution in [-0.2, 0) is 0 Å². The minimum Gasteiger partial charge on any atom is -0.504 e. The second-order valence-electron chi connectivity index (χ2n) is 8.62. The number of methoxy groups -OCH3 is 1. The summed E-state index contributed by atoms with van der Waals surface area (Å²) in [4.78, 5) is 20.9. The number of phenolic OH excluding ortho intramolecular Hbond substituents is 1. The molecule has 0 unspecified atom stereocenters. The number of aromatic nitrogens is 4. The summed E-state index contributed by atoms with van der Waals surface area (Å²) < 4.78 is 6.22. The van der Waals surface area contributed by atoms with Crippen LogP contribution in [0.5, 0.6) is 11.5 Å². The van der Waals surface area contributed by atoms with Crippen molar-refractivity contribution in [2.24, 2.45) is 0 Å². The SMILES string of the molecule is COc1cc2nc(-c3ccc(-c4ccccc4)cc3)nc(Nc3ccc4c(cnn4C(=O)O)c3)c2cc1O. The predicted molar refractivity (Wildman–Crippen MR) is 145 cm³/mol. The number of phenols is 1. The van der Waals surface area contributed by atoms with Crippen LogP contribution in [0.1, 0.15) is 0 Å². The van der Waals surface area contributed by atoms with Crippen molar-refractivity contribution in [3.63, 3.8) is 0 Å². The molecule has 0 bridgehead atoms. The molecule has 0 saturated heterocycles. The van der Waals surface area contributed by atoms with Crippen LogP contribution in [0.3, 0.4) is 0 Å². The van der Waals surface area contributed by atoms with E-state index in [1.807, 2.05) is 42.5 Å². The Kier molecular flexibility index (Phi) is 5.57. The van der Waals surface area contributed by atoms with E-state index in [0.717, 1.165) is 21.4 Å². The number of hydrogen-bond acceptors (Lipinski definition) is 7. The number of hydrogen-bond donors (Lipinski definition) is 3. The van der Waals surface area contributed by atoms with Gasteiger partial charge in [0.2, 0.25) is 0 Å². The number of carbonyl (C=O) groups is 1. The van der Waals surface area contributed by atoms with E-state index in [2.05, 4.69) is 22.5 Å². The van der Waals surface area contributed by atoms with Crippen LogP contribution in [0, 0.1) is 0 Å². The Hall–Kier alpha value is -5.44. The van der Waals surface area contributed by atoms with E-state index >= 15 is 0 Å². The van der Waals surface area contributed by atoms with Gasteiger partial charge in [-0.25, -0.2) is 14.8 Å². The maximum absolute atomic E-state index is 11.4. The van der Waals surface area contributed by atoms with E-state index in [1.165, 1.54) is 13.3 Å². The number of benzene rings is 4. The topological polar surface area (TPSA) is 122 Å². The molecule has 0 atom stereocenters. The predicted octanol–water partition coefficient (Wildman–Crippen LogP) is 6.30. The zero-order valence-electron chi connectivity index (χ0n) is 20.2. The molecule has 6 rings (SSSR count). The minimum absolute atomic E-state index is 0.0372. The van der Waals surface area contributed by atoms with E-state index in [1.54, 1.807) is 30.3 Å². The highest BCUT2D eigenvalue weighted by Gasteiger charge is 2.15. The van der Waals surface area contributed by atoms with Crippen molar-refractivity contribution in [1.29, 1.82) is 0 Å². The van der Waals surface area contributed by atoms with Crippen molar-refractivity contribution in [2.75, 3.05) is 12.4 Å². The second kappa shape index (κ2) is 9.21. The average Bonchev–Trinajstić information content (AvgIpc) is 3.37. The summed E-state index contributed by atoms with van der Waals surface area (Å²) in [5.74, 6) is 1.23. The minimum atomic E-state index is -1.16. The monoisotopic (exact) mass is 503 g/mol. The van der Waals surface area contributed by atoms with Crippen LogP contribution in [0.25, 0.3) is 44.3 Å². The maximum Gasteiger partial charge on any atom is 0.432 e. The van der Waals surface area contributed by atoms with Crippen LogP contribution in [0.15, 0.2) is 91.1 Å². The number of fused-ring (bicyclic) bond motifs is 2. The Morgan fingerprint density at radius 3 is 2.37 bits per heavy atom. The van der Waals surface area contributed by atoms with Crippen LogP contribution >= 0.6 is 0 Å². The van der Waals surface area contributed by atoms with Gasteiger partial charge in [-0.1, -0.05) is 54.6 Å². The van der Waals surface area contributed by atoms with E-state index in [9.17, 15) is 15.0 Å². The third kappa shape index (κ3) is 4.11. The molecule has 0 fully saturated rings. The van der Waals surface area contributed by atoms with Gasteiger partial charge < -0.3 is 20.3 Å². The summed E-state index contributed by atoms with van der Waals surface area (Å²) in [6.07, 6.45) is 0.332. The fourth-order valence-electron chi connectivity index (χ4n) is 4.38. The van der Waals surface area contributed by atoms with Crippen molar-refractivity contribution in [3.8, 4) is 34.0 Å². The first kappa shape index (κ1) is 23.0. The Morgan fingerprint density at radius 2 is 1.63 bits per heavy atom. The highest BCUT2D eigenvalue weighted by molar-refractivity contribution is 5.96. The zero-order chi connectivity index (χ0) is 26.2. The Balaban J connectivity index is 1.44. The van der Waals surface area contributed by atoms with Crippen molar-refractivity contribution < 1.29 is 19.7 Å². The summed E-state index contributed by atoms with van der Waals surface area (Å²) >= 11 is 0. The van der Waals surface area contributed by atoms with Crippen LogP contribution in [-0.4, -0.2) is 43.2 Å². The van der Waals surface area contributed by atoms with Gasteiger partial charge in [0.25, 0.3) is 0 Å². The van der Waals surface area contributed by atoms with Crippen LogP contribution in [0.4, 0.5) is 16.3 Å². The molecule has 0 aliphatic carbocycles. The molecule has 0 radical (unpaired) electrons. The van der Waals surface area contributed by atoms with Gasteiger partial charge in [-0.3, -0.25) is 0 Å². The highest BCUT2D eigenvalue weighted by atomic mass is 16.5. The van der Waals surface area contributed by atoms with Gasteiger partial charge in [0.1, 0.15) is 5.82 Å². The molecule has 3 N–H and O–H groups in total. The molecule has 2 aromatic heterocycles. The second-order valence-corrected chi connectivity index (χ2v) is 8.62. The molecule has 0 amide bonds. The fraction of sp³-hybridized carbons (Fsp3) is 0.0345. The number of rotatable bonds is 5. The summed E-state index contributed by atoms with van der Waals surface area (Å²) in [6, 6.07) is 26.5. The lowest BCUT2D eigenvalue weighted by Crippen LogP contribution is -2.08. The molecule has 186 valence electrons. The largest absolute Gasteiger partial charge is 0.504 e. The molecule has 0 aliphatic heterocycles. The standard InChI is InChI=1S/C29H21N5O4/c1-38-26-15-23-22(14-25(26)35)28(31-21-11-12-24-20(13-21)16-30-34(24)29(36)37)33-27(32-23)19-9-7-18(8-10-19)17-5-3-2-4-6-17/h2-16,35H,1H3,(H,36,37)(H,31,32,33).